The Kier molecular flexibility index (Phi) is 3.37. The number of likely N-dealkylation sites (tertiary alicyclic amines) is 1. The van der Waals surface area contributed by atoms with Crippen LogP contribution in [-0.4, -0.2) is 41.1 Å². The molecule has 0 saturated carbocycles. The fourth-order valence-electron chi connectivity index (χ4n) is 3.86. The van der Waals surface area contributed by atoms with Gasteiger partial charge in [0.2, 0.25) is 5.91 Å². The van der Waals surface area contributed by atoms with Gasteiger partial charge in [-0.25, -0.2) is 5.43 Å². The Morgan fingerprint density at radius 3 is 3.05 bits per heavy atom. The van der Waals surface area contributed by atoms with E-state index >= 15 is 0 Å². The Balaban J connectivity index is 1.52. The molecule has 0 aliphatic carbocycles. The van der Waals surface area contributed by atoms with E-state index in [1.807, 2.05) is 17.2 Å². The maximum atomic E-state index is 12.0. The van der Waals surface area contributed by atoms with Gasteiger partial charge < -0.3 is 10.2 Å². The Morgan fingerprint density at radius 2 is 2.29 bits per heavy atom. The van der Waals surface area contributed by atoms with Gasteiger partial charge in [-0.15, -0.1) is 0 Å². The number of hydrogen-bond acceptors (Lipinski definition) is 5. The second-order valence-corrected chi connectivity index (χ2v) is 6.18. The topological polar surface area (TPSA) is 69.3 Å². The lowest BCUT2D eigenvalue weighted by molar-refractivity contribution is -0.131. The van der Waals surface area contributed by atoms with E-state index in [0.717, 1.165) is 25.9 Å². The van der Waals surface area contributed by atoms with Crippen LogP contribution in [0.1, 0.15) is 30.9 Å². The minimum absolute atomic E-state index is 0.131. The summed E-state index contributed by atoms with van der Waals surface area (Å²) in [4.78, 5) is 18.3. The van der Waals surface area contributed by atoms with Crippen LogP contribution < -0.4 is 16.2 Å². The summed E-state index contributed by atoms with van der Waals surface area (Å²) in [5, 5.41) is 3.58. The molecule has 0 aromatic carbocycles. The lowest BCUT2D eigenvalue weighted by Gasteiger charge is -2.36. The molecule has 4 atom stereocenters. The predicted octanol–water partition coefficient (Wildman–Crippen LogP) is 0.157. The number of nitrogens with one attached hydrogen (secondary N) is 3. The van der Waals surface area contributed by atoms with Gasteiger partial charge in [0, 0.05) is 49.9 Å². The van der Waals surface area contributed by atoms with Crippen molar-refractivity contribution in [2.75, 3.05) is 13.1 Å². The van der Waals surface area contributed by atoms with Crippen molar-refractivity contribution in [3.8, 4) is 0 Å². The zero-order valence-corrected chi connectivity index (χ0v) is 12.0. The van der Waals surface area contributed by atoms with Crippen molar-refractivity contribution in [2.45, 2.75) is 37.5 Å². The van der Waals surface area contributed by atoms with Crippen molar-refractivity contribution >= 4 is 5.91 Å². The van der Waals surface area contributed by atoms with Gasteiger partial charge in [-0.05, 0) is 24.5 Å². The first-order valence-electron chi connectivity index (χ1n) is 7.77. The highest BCUT2D eigenvalue weighted by molar-refractivity contribution is 5.78. The van der Waals surface area contributed by atoms with Crippen molar-refractivity contribution in [1.29, 1.82) is 0 Å². The second kappa shape index (κ2) is 5.36. The third kappa shape index (κ3) is 2.33. The molecule has 3 fully saturated rings. The molecule has 21 heavy (non-hydrogen) atoms. The number of hydrogen-bond donors (Lipinski definition) is 3. The highest BCUT2D eigenvalue weighted by atomic mass is 16.2. The number of piperidine rings is 1. The molecular weight excluding hydrogens is 266 g/mol. The van der Waals surface area contributed by atoms with Gasteiger partial charge in [0.25, 0.3) is 0 Å². The number of rotatable bonds is 2. The molecule has 1 aromatic heterocycles. The average Bonchev–Trinajstić information content (AvgIpc) is 3.13. The number of amides is 1. The number of carbonyl (C=O) groups excluding carboxylic acids is 1. The fraction of sp³-hybridized carbons (Fsp3) is 0.600. The van der Waals surface area contributed by atoms with Crippen LogP contribution in [0, 0.1) is 5.92 Å². The molecular formula is C15H21N5O. The minimum atomic E-state index is 0.131. The van der Waals surface area contributed by atoms with Crippen LogP contribution in [0.15, 0.2) is 24.5 Å². The van der Waals surface area contributed by atoms with E-state index in [4.69, 9.17) is 0 Å². The number of aromatic nitrogens is 1. The summed E-state index contributed by atoms with van der Waals surface area (Å²) >= 11 is 0. The van der Waals surface area contributed by atoms with Crippen LogP contribution in [0.2, 0.25) is 0 Å². The zero-order chi connectivity index (χ0) is 14.2. The molecule has 1 amide bonds. The lowest BCUT2D eigenvalue weighted by Crippen LogP contribution is -2.50. The minimum Gasteiger partial charge on any atom is -0.326 e. The maximum Gasteiger partial charge on any atom is 0.223 e. The van der Waals surface area contributed by atoms with E-state index in [9.17, 15) is 4.79 Å². The van der Waals surface area contributed by atoms with Crippen molar-refractivity contribution < 1.29 is 4.79 Å². The molecule has 0 radical (unpaired) electrons. The summed E-state index contributed by atoms with van der Waals surface area (Å²) in [7, 11) is 0. The van der Waals surface area contributed by atoms with Crippen LogP contribution in [0.5, 0.6) is 0 Å². The van der Waals surface area contributed by atoms with Gasteiger partial charge in [0.05, 0.1) is 6.17 Å². The Hall–Kier alpha value is -1.50. The predicted molar refractivity (Wildman–Crippen MR) is 77.9 cm³/mol. The van der Waals surface area contributed by atoms with E-state index < -0.39 is 0 Å². The SMILES string of the molecule is O=C1CCCN1C1NNC2CNC(c3cccnc3)CC21. The third-order valence-corrected chi connectivity index (χ3v) is 4.96. The van der Waals surface area contributed by atoms with Crippen LogP contribution in [-0.2, 0) is 4.79 Å². The van der Waals surface area contributed by atoms with Gasteiger partial charge in [0.15, 0.2) is 0 Å². The van der Waals surface area contributed by atoms with Crippen molar-refractivity contribution in [2.24, 2.45) is 5.92 Å². The molecule has 6 heteroatoms. The molecule has 6 nitrogen and oxygen atoms in total. The fourth-order valence-corrected chi connectivity index (χ4v) is 3.86. The Bertz CT molecular complexity index is 522. The quantitative estimate of drug-likeness (QED) is 0.723. The van der Waals surface area contributed by atoms with Crippen LogP contribution >= 0.6 is 0 Å². The summed E-state index contributed by atoms with van der Waals surface area (Å²) in [5.41, 5.74) is 7.93. The monoisotopic (exact) mass is 287 g/mol. The van der Waals surface area contributed by atoms with Crippen LogP contribution in [0.25, 0.3) is 0 Å². The summed E-state index contributed by atoms with van der Waals surface area (Å²) in [6.07, 6.45) is 6.57. The first kappa shape index (κ1) is 13.2. The standard InChI is InChI=1S/C15H21N5O/c21-14-4-2-6-20(14)15-11-7-12(10-3-1-5-16-8-10)17-9-13(11)18-19-15/h1,3,5,8,11-13,15,17-19H,2,4,6-7,9H2. The van der Waals surface area contributed by atoms with Crippen molar-refractivity contribution in [1.82, 2.24) is 26.1 Å². The molecule has 4 rings (SSSR count). The highest BCUT2D eigenvalue weighted by Crippen LogP contribution is 2.33. The van der Waals surface area contributed by atoms with Gasteiger partial charge in [-0.3, -0.25) is 15.2 Å². The molecule has 4 unspecified atom stereocenters. The molecule has 3 N–H and O–H groups in total. The molecule has 0 spiro atoms. The molecule has 3 aliphatic rings. The number of hydrazine groups is 1. The van der Waals surface area contributed by atoms with Gasteiger partial charge in [0.1, 0.15) is 0 Å². The molecule has 1 aromatic rings. The van der Waals surface area contributed by atoms with Crippen molar-refractivity contribution in [3.05, 3.63) is 30.1 Å². The molecule has 3 saturated heterocycles. The first-order valence-corrected chi connectivity index (χ1v) is 7.77. The zero-order valence-electron chi connectivity index (χ0n) is 12.0. The van der Waals surface area contributed by atoms with Gasteiger partial charge in [-0.1, -0.05) is 6.07 Å². The van der Waals surface area contributed by atoms with E-state index in [1.54, 1.807) is 6.20 Å². The maximum absolute atomic E-state index is 12.0. The van der Waals surface area contributed by atoms with Crippen LogP contribution in [0.3, 0.4) is 0 Å². The molecule has 0 bridgehead atoms. The smallest absolute Gasteiger partial charge is 0.223 e. The number of pyridine rings is 1. The normalized spacial score (nSPS) is 36.0. The lowest BCUT2D eigenvalue weighted by atomic mass is 9.85. The van der Waals surface area contributed by atoms with E-state index in [-0.39, 0.29) is 12.1 Å². The van der Waals surface area contributed by atoms with Crippen LogP contribution in [0.4, 0.5) is 0 Å². The first-order chi connectivity index (χ1) is 10.3. The summed E-state index contributed by atoms with van der Waals surface area (Å²) in [5.74, 6) is 0.727. The number of carbonyl (C=O) groups is 1. The van der Waals surface area contributed by atoms with Crippen molar-refractivity contribution in [3.63, 3.8) is 0 Å². The summed E-state index contributed by atoms with van der Waals surface area (Å²) in [6.45, 7) is 1.79. The molecule has 112 valence electrons. The second-order valence-electron chi connectivity index (χ2n) is 6.18. The third-order valence-electron chi connectivity index (χ3n) is 4.96. The summed E-state index contributed by atoms with van der Waals surface area (Å²) < 4.78 is 0. The Labute approximate surface area is 124 Å². The summed E-state index contributed by atoms with van der Waals surface area (Å²) in [6, 6.07) is 4.81. The molecule has 3 aliphatic heterocycles. The molecule has 4 heterocycles. The average molecular weight is 287 g/mol. The van der Waals surface area contributed by atoms with Gasteiger partial charge >= 0.3 is 0 Å². The largest absolute Gasteiger partial charge is 0.326 e. The Morgan fingerprint density at radius 1 is 1.33 bits per heavy atom. The van der Waals surface area contributed by atoms with E-state index in [1.165, 1.54) is 5.56 Å². The van der Waals surface area contributed by atoms with E-state index in [2.05, 4.69) is 27.2 Å². The highest BCUT2D eigenvalue weighted by Gasteiger charge is 2.45. The number of fused-ring (bicyclic) bond motifs is 1. The van der Waals surface area contributed by atoms with Gasteiger partial charge in [-0.2, -0.15) is 0 Å². The van der Waals surface area contributed by atoms with E-state index in [0.29, 0.717) is 24.4 Å². The number of nitrogens with zero attached hydrogens (tertiary/aromatic N) is 2.